The van der Waals surface area contributed by atoms with Crippen LogP contribution in [0.2, 0.25) is 5.02 Å². The normalized spacial score (nSPS) is 20.5. The fourth-order valence-electron chi connectivity index (χ4n) is 4.55. The van der Waals surface area contributed by atoms with Crippen LogP contribution in [0.3, 0.4) is 0 Å². The molecule has 1 aromatic heterocycles. The quantitative estimate of drug-likeness (QED) is 0.682. The maximum atomic E-state index is 10.6. The molecule has 10 heteroatoms. The van der Waals surface area contributed by atoms with E-state index in [1.54, 1.807) is 0 Å². The van der Waals surface area contributed by atoms with E-state index >= 15 is 0 Å². The Morgan fingerprint density at radius 1 is 1.09 bits per heavy atom. The van der Waals surface area contributed by atoms with E-state index in [9.17, 15) is 13.2 Å². The van der Waals surface area contributed by atoms with Gasteiger partial charge in [-0.1, -0.05) is 29.8 Å². The summed E-state index contributed by atoms with van der Waals surface area (Å²) in [5.41, 5.74) is 1.38. The number of hydrogen-bond acceptors (Lipinski definition) is 5. The van der Waals surface area contributed by atoms with Gasteiger partial charge >= 0.3 is 12.1 Å². The maximum absolute atomic E-state index is 10.6. The summed E-state index contributed by atoms with van der Waals surface area (Å²) in [6.07, 6.45) is 0.348. The van der Waals surface area contributed by atoms with Crippen LogP contribution in [-0.4, -0.2) is 83.9 Å². The molecule has 0 amide bonds. The van der Waals surface area contributed by atoms with E-state index in [0.29, 0.717) is 12.1 Å². The van der Waals surface area contributed by atoms with Crippen molar-refractivity contribution in [2.24, 2.45) is 0 Å². The minimum absolute atomic E-state index is 0.580. The zero-order valence-corrected chi connectivity index (χ0v) is 19.8. The third kappa shape index (κ3) is 7.58. The molecule has 34 heavy (non-hydrogen) atoms. The molecule has 0 aliphatic carbocycles. The lowest BCUT2D eigenvalue weighted by Crippen LogP contribution is -2.58. The summed E-state index contributed by atoms with van der Waals surface area (Å²) in [5, 5.41) is 7.94. The second-order valence-electron chi connectivity index (χ2n) is 8.69. The molecule has 1 N–H and O–H groups in total. The Kier molecular flexibility index (Phi) is 9.16. The number of carboxylic acid groups (broad SMARTS) is 1. The molecule has 2 aromatic rings. The monoisotopic (exact) mass is 498 g/mol. The Hall–Kier alpha value is -2.36. The van der Waals surface area contributed by atoms with Gasteiger partial charge in [0.05, 0.1) is 0 Å². The molecule has 0 saturated carbocycles. The van der Waals surface area contributed by atoms with E-state index in [2.05, 4.69) is 51.0 Å². The van der Waals surface area contributed by atoms with Gasteiger partial charge in [-0.2, -0.15) is 13.2 Å². The van der Waals surface area contributed by atoms with Crippen molar-refractivity contribution >= 4 is 23.4 Å². The van der Waals surface area contributed by atoms with E-state index < -0.39 is 12.1 Å². The molecular weight excluding hydrogens is 469 g/mol. The summed E-state index contributed by atoms with van der Waals surface area (Å²) >= 11 is 6.06. The first-order valence-corrected chi connectivity index (χ1v) is 11.7. The summed E-state index contributed by atoms with van der Waals surface area (Å²) in [6.45, 7) is 5.67. The number of nitrogens with zero attached hydrogens (tertiary/aromatic N) is 4. The molecule has 0 spiro atoms. The molecule has 6 nitrogen and oxygen atoms in total. The standard InChI is InChI=1S/C22H29ClN4.C2HF3O2/c1-25-14-15-27(21(17-25)16-18-5-7-19(23)8-6-18)20-9-12-26(13-10-20)22-4-2-3-11-24-22;3-2(4,5)1(6)7/h2-8,11,20-21H,9-10,12-17H2,1H3;(H,6,7). The van der Waals surface area contributed by atoms with Crippen LogP contribution in [0, 0.1) is 0 Å². The topological polar surface area (TPSA) is 59.9 Å². The van der Waals surface area contributed by atoms with Crippen LogP contribution in [0.25, 0.3) is 0 Å². The molecule has 1 atom stereocenters. The minimum atomic E-state index is -5.08. The first-order valence-electron chi connectivity index (χ1n) is 11.3. The van der Waals surface area contributed by atoms with Crippen LogP contribution in [0.15, 0.2) is 48.7 Å². The lowest BCUT2D eigenvalue weighted by Gasteiger charge is -2.47. The lowest BCUT2D eigenvalue weighted by atomic mass is 9.96. The van der Waals surface area contributed by atoms with E-state index in [4.69, 9.17) is 21.5 Å². The second-order valence-corrected chi connectivity index (χ2v) is 9.13. The average molecular weight is 499 g/mol. The lowest BCUT2D eigenvalue weighted by molar-refractivity contribution is -0.192. The highest BCUT2D eigenvalue weighted by molar-refractivity contribution is 6.30. The summed E-state index contributed by atoms with van der Waals surface area (Å²) in [6, 6.07) is 15.8. The summed E-state index contributed by atoms with van der Waals surface area (Å²) in [4.78, 5) is 21.1. The van der Waals surface area contributed by atoms with Gasteiger partial charge in [-0.3, -0.25) is 4.90 Å². The maximum Gasteiger partial charge on any atom is 0.490 e. The van der Waals surface area contributed by atoms with E-state index in [-0.39, 0.29) is 0 Å². The highest BCUT2D eigenvalue weighted by Gasteiger charge is 2.38. The number of likely N-dealkylation sites (N-methyl/N-ethyl adjacent to an activating group) is 1. The van der Waals surface area contributed by atoms with Crippen LogP contribution in [0.1, 0.15) is 18.4 Å². The predicted octanol–water partition coefficient (Wildman–Crippen LogP) is 4.20. The SMILES string of the molecule is CN1CCN(C2CCN(c3ccccn3)CC2)C(Cc2ccc(Cl)cc2)C1.O=C(O)C(F)(F)F. The van der Waals surface area contributed by atoms with Crippen molar-refractivity contribution < 1.29 is 23.1 Å². The molecule has 0 bridgehead atoms. The van der Waals surface area contributed by atoms with E-state index in [0.717, 1.165) is 43.4 Å². The average Bonchev–Trinajstić information content (AvgIpc) is 2.81. The first kappa shape index (κ1) is 26.2. The molecule has 0 radical (unpaired) electrons. The smallest absolute Gasteiger partial charge is 0.475 e. The first-order chi connectivity index (χ1) is 16.1. The van der Waals surface area contributed by atoms with Gasteiger partial charge in [0.1, 0.15) is 5.82 Å². The van der Waals surface area contributed by atoms with Crippen LogP contribution in [0.4, 0.5) is 19.0 Å². The summed E-state index contributed by atoms with van der Waals surface area (Å²) in [7, 11) is 2.25. The number of piperidine rings is 1. The Balaban J connectivity index is 0.000000406. The molecular formula is C24H30ClF3N4O2. The zero-order chi connectivity index (χ0) is 24.7. The van der Waals surface area contributed by atoms with Crippen molar-refractivity contribution in [3.63, 3.8) is 0 Å². The van der Waals surface area contributed by atoms with Gasteiger partial charge < -0.3 is 14.9 Å². The summed E-state index contributed by atoms with van der Waals surface area (Å²) < 4.78 is 31.7. The van der Waals surface area contributed by atoms with Gasteiger partial charge in [0, 0.05) is 56.0 Å². The minimum Gasteiger partial charge on any atom is -0.475 e. The second kappa shape index (κ2) is 11.9. The molecule has 2 saturated heterocycles. The van der Waals surface area contributed by atoms with E-state index in [1.165, 1.54) is 24.9 Å². The number of rotatable bonds is 4. The number of anilines is 1. The number of aliphatic carboxylic acids is 1. The van der Waals surface area contributed by atoms with Crippen molar-refractivity contribution in [1.82, 2.24) is 14.8 Å². The third-order valence-corrected chi connectivity index (χ3v) is 6.52. The van der Waals surface area contributed by atoms with Gasteiger partial charge in [0.25, 0.3) is 0 Å². The number of alkyl halides is 3. The van der Waals surface area contributed by atoms with Crippen LogP contribution >= 0.6 is 11.6 Å². The van der Waals surface area contributed by atoms with Gasteiger partial charge in [-0.05, 0) is 56.1 Å². The Labute approximate surface area is 202 Å². The van der Waals surface area contributed by atoms with Gasteiger partial charge in [-0.15, -0.1) is 0 Å². The number of carboxylic acids is 1. The van der Waals surface area contributed by atoms with Gasteiger partial charge in [0.15, 0.2) is 0 Å². The predicted molar refractivity (Wildman–Crippen MR) is 126 cm³/mol. The fraction of sp³-hybridized carbons (Fsp3) is 0.500. The van der Waals surface area contributed by atoms with Crippen LogP contribution in [0.5, 0.6) is 0 Å². The van der Waals surface area contributed by atoms with Crippen LogP contribution in [-0.2, 0) is 11.2 Å². The van der Waals surface area contributed by atoms with Gasteiger partial charge in [0.2, 0.25) is 0 Å². The number of piperazine rings is 1. The zero-order valence-electron chi connectivity index (χ0n) is 19.1. The Morgan fingerprint density at radius 3 is 2.29 bits per heavy atom. The summed E-state index contributed by atoms with van der Waals surface area (Å²) in [5.74, 6) is -1.64. The number of benzene rings is 1. The van der Waals surface area contributed by atoms with Crippen molar-refractivity contribution in [2.75, 3.05) is 44.7 Å². The van der Waals surface area contributed by atoms with E-state index in [1.807, 2.05) is 24.4 Å². The number of halogens is 4. The molecule has 1 unspecified atom stereocenters. The number of hydrogen-bond donors (Lipinski definition) is 1. The molecule has 4 rings (SSSR count). The van der Waals surface area contributed by atoms with Crippen molar-refractivity contribution in [3.8, 4) is 0 Å². The highest BCUT2D eigenvalue weighted by Crippen LogP contribution is 2.26. The molecule has 1 aromatic carbocycles. The molecule has 186 valence electrons. The molecule has 2 fully saturated rings. The third-order valence-electron chi connectivity index (χ3n) is 6.27. The van der Waals surface area contributed by atoms with Crippen LogP contribution < -0.4 is 4.90 Å². The number of pyridine rings is 1. The van der Waals surface area contributed by atoms with Crippen molar-refractivity contribution in [1.29, 1.82) is 0 Å². The number of carbonyl (C=O) groups is 1. The largest absolute Gasteiger partial charge is 0.490 e. The molecule has 2 aliphatic rings. The van der Waals surface area contributed by atoms with Gasteiger partial charge in [-0.25, -0.2) is 9.78 Å². The van der Waals surface area contributed by atoms with Crippen molar-refractivity contribution in [3.05, 3.63) is 59.2 Å². The molecule has 2 aliphatic heterocycles. The fourth-order valence-corrected chi connectivity index (χ4v) is 4.67. The Morgan fingerprint density at radius 2 is 1.74 bits per heavy atom. The number of aromatic nitrogens is 1. The molecule has 3 heterocycles. The Bertz CT molecular complexity index is 907. The highest BCUT2D eigenvalue weighted by atomic mass is 35.5. The van der Waals surface area contributed by atoms with Crippen molar-refractivity contribution in [2.45, 2.75) is 37.5 Å².